The number of hydrogen-bond donors (Lipinski definition) is 0. The first-order valence-electron chi connectivity index (χ1n) is 3.24. The van der Waals surface area contributed by atoms with Crippen molar-refractivity contribution in [2.24, 2.45) is 0 Å². The average molecular weight is 123 g/mol. The Bertz CT molecular complexity index is 155. The molecule has 2 nitrogen and oxygen atoms in total. The molecule has 0 amide bonds. The molecule has 1 radical (unpaired) electrons. The molecule has 0 aliphatic heterocycles. The maximum absolute atomic E-state index is 4.05. The van der Waals surface area contributed by atoms with E-state index in [1.165, 1.54) is 0 Å². The Labute approximate surface area is 55.5 Å². The summed E-state index contributed by atoms with van der Waals surface area (Å²) in [7, 11) is 0. The van der Waals surface area contributed by atoms with Gasteiger partial charge in [0.25, 0.3) is 0 Å². The van der Waals surface area contributed by atoms with Gasteiger partial charge < -0.3 is 0 Å². The van der Waals surface area contributed by atoms with Crippen LogP contribution in [0.2, 0.25) is 0 Å². The lowest BCUT2D eigenvalue weighted by atomic mass is 10.3. The lowest BCUT2D eigenvalue weighted by Crippen LogP contribution is -2.03. The molecule has 1 aromatic heterocycles. The normalized spacial score (nSPS) is 13.6. The second-order valence-electron chi connectivity index (χ2n) is 2.18. The zero-order valence-corrected chi connectivity index (χ0v) is 5.83. The van der Waals surface area contributed by atoms with Crippen LogP contribution in [0.5, 0.6) is 0 Å². The van der Waals surface area contributed by atoms with Crippen LogP contribution in [0.1, 0.15) is 26.3 Å². The fourth-order valence-electron chi connectivity index (χ4n) is 0.671. The fourth-order valence-corrected chi connectivity index (χ4v) is 0.671. The van der Waals surface area contributed by atoms with Crippen LogP contribution in [-0.2, 0) is 0 Å². The molecular formula is C7H11N2. The molecule has 1 aromatic rings. The van der Waals surface area contributed by atoms with Crippen LogP contribution in [-0.4, -0.2) is 9.78 Å². The third-order valence-electron chi connectivity index (χ3n) is 1.51. The van der Waals surface area contributed by atoms with Crippen LogP contribution >= 0.6 is 0 Å². The van der Waals surface area contributed by atoms with Gasteiger partial charge in [-0.25, -0.2) is 0 Å². The largest absolute Gasteiger partial charge is 0.269 e. The number of aromatic nitrogens is 2. The quantitative estimate of drug-likeness (QED) is 0.584. The molecule has 49 valence electrons. The van der Waals surface area contributed by atoms with Gasteiger partial charge in [0.05, 0.1) is 6.20 Å². The first-order chi connectivity index (χ1) is 4.34. The van der Waals surface area contributed by atoms with Crippen molar-refractivity contribution in [3.05, 3.63) is 18.5 Å². The maximum atomic E-state index is 4.05. The van der Waals surface area contributed by atoms with E-state index >= 15 is 0 Å². The van der Waals surface area contributed by atoms with Gasteiger partial charge >= 0.3 is 0 Å². The van der Waals surface area contributed by atoms with E-state index in [4.69, 9.17) is 0 Å². The van der Waals surface area contributed by atoms with E-state index in [0.717, 1.165) is 6.42 Å². The van der Waals surface area contributed by atoms with Crippen LogP contribution in [0.3, 0.4) is 0 Å². The van der Waals surface area contributed by atoms with Crippen LogP contribution in [0.25, 0.3) is 0 Å². The Hall–Kier alpha value is -0.790. The van der Waals surface area contributed by atoms with Crippen molar-refractivity contribution in [1.29, 1.82) is 0 Å². The van der Waals surface area contributed by atoms with Crippen molar-refractivity contribution in [2.75, 3.05) is 0 Å². The second-order valence-corrected chi connectivity index (χ2v) is 2.18. The van der Waals surface area contributed by atoms with Crippen molar-refractivity contribution >= 4 is 0 Å². The Balaban J connectivity index is 2.65. The lowest BCUT2D eigenvalue weighted by molar-refractivity contribution is 0.478. The molecule has 0 spiro atoms. The van der Waals surface area contributed by atoms with Gasteiger partial charge in [-0.05, 0) is 13.3 Å². The maximum Gasteiger partial charge on any atom is 0.0569 e. The molecule has 0 saturated carbocycles. The van der Waals surface area contributed by atoms with Crippen molar-refractivity contribution < 1.29 is 0 Å². The van der Waals surface area contributed by atoms with Crippen LogP contribution in [0, 0.1) is 6.07 Å². The van der Waals surface area contributed by atoms with Crippen molar-refractivity contribution in [3.8, 4) is 0 Å². The van der Waals surface area contributed by atoms with Gasteiger partial charge in [0.15, 0.2) is 0 Å². The minimum Gasteiger partial charge on any atom is -0.269 e. The minimum absolute atomic E-state index is 0.510. The van der Waals surface area contributed by atoms with E-state index in [1.807, 2.05) is 10.9 Å². The van der Waals surface area contributed by atoms with Gasteiger partial charge in [-0.1, -0.05) is 6.92 Å². The number of rotatable bonds is 2. The van der Waals surface area contributed by atoms with Gasteiger partial charge in [-0.15, -0.1) is 0 Å². The summed E-state index contributed by atoms with van der Waals surface area (Å²) in [6, 6.07) is 3.41. The Morgan fingerprint density at radius 2 is 2.56 bits per heavy atom. The minimum atomic E-state index is 0.510. The summed E-state index contributed by atoms with van der Waals surface area (Å²) in [5, 5.41) is 4.05. The summed E-state index contributed by atoms with van der Waals surface area (Å²) in [5.74, 6) is 0. The number of hydrogen-bond acceptors (Lipinski definition) is 1. The Morgan fingerprint density at radius 1 is 1.78 bits per heavy atom. The summed E-state index contributed by atoms with van der Waals surface area (Å²) in [5.41, 5.74) is 0. The first-order valence-corrected chi connectivity index (χ1v) is 3.24. The molecule has 1 heterocycles. The highest BCUT2D eigenvalue weighted by Crippen LogP contribution is 2.05. The lowest BCUT2D eigenvalue weighted by Gasteiger charge is -2.06. The fraction of sp³-hybridized carbons (Fsp3) is 0.571. The van der Waals surface area contributed by atoms with Gasteiger partial charge in [-0.2, -0.15) is 5.10 Å². The Kier molecular flexibility index (Phi) is 1.88. The molecule has 0 aliphatic carbocycles. The standard InChI is InChI=1S/C7H11N2/c1-3-7(2)9-6-4-5-8-9/h5-7H,3H2,1-2H3. The highest BCUT2D eigenvalue weighted by atomic mass is 15.3. The smallest absolute Gasteiger partial charge is 0.0569 e. The highest BCUT2D eigenvalue weighted by molar-refractivity contribution is 4.77. The number of nitrogens with zero attached hydrogens (tertiary/aromatic N) is 2. The summed E-state index contributed by atoms with van der Waals surface area (Å²) < 4.78 is 1.92. The first kappa shape index (κ1) is 6.33. The average Bonchev–Trinajstić information content (AvgIpc) is 2.37. The predicted octanol–water partition coefficient (Wildman–Crippen LogP) is 1.65. The Morgan fingerprint density at radius 3 is 3.00 bits per heavy atom. The third-order valence-corrected chi connectivity index (χ3v) is 1.51. The van der Waals surface area contributed by atoms with Crippen LogP contribution < -0.4 is 0 Å². The molecule has 1 rings (SSSR count). The van der Waals surface area contributed by atoms with E-state index in [0.29, 0.717) is 6.04 Å². The van der Waals surface area contributed by atoms with E-state index < -0.39 is 0 Å². The summed E-state index contributed by atoms with van der Waals surface area (Å²) >= 11 is 0. The summed E-state index contributed by atoms with van der Waals surface area (Å²) in [6.07, 6.45) is 4.68. The SMILES string of the molecule is CCC(C)n1c[c]cn1. The monoisotopic (exact) mass is 123 g/mol. The van der Waals surface area contributed by atoms with E-state index in [2.05, 4.69) is 25.0 Å². The second kappa shape index (κ2) is 2.67. The van der Waals surface area contributed by atoms with Crippen molar-refractivity contribution in [3.63, 3.8) is 0 Å². The molecule has 0 fully saturated rings. The summed E-state index contributed by atoms with van der Waals surface area (Å²) in [6.45, 7) is 4.28. The molecular weight excluding hydrogens is 112 g/mol. The molecule has 1 atom stereocenters. The van der Waals surface area contributed by atoms with E-state index in [9.17, 15) is 0 Å². The summed E-state index contributed by atoms with van der Waals surface area (Å²) in [4.78, 5) is 0. The van der Waals surface area contributed by atoms with Gasteiger partial charge in [0.1, 0.15) is 0 Å². The van der Waals surface area contributed by atoms with Gasteiger partial charge in [0.2, 0.25) is 0 Å². The van der Waals surface area contributed by atoms with E-state index in [-0.39, 0.29) is 0 Å². The topological polar surface area (TPSA) is 17.8 Å². The van der Waals surface area contributed by atoms with E-state index in [1.54, 1.807) is 6.20 Å². The molecule has 0 N–H and O–H groups in total. The molecule has 9 heavy (non-hydrogen) atoms. The molecule has 0 aromatic carbocycles. The molecule has 0 aliphatic rings. The molecule has 2 heteroatoms. The van der Waals surface area contributed by atoms with Gasteiger partial charge in [-0.3, -0.25) is 4.68 Å². The van der Waals surface area contributed by atoms with Crippen LogP contribution in [0.4, 0.5) is 0 Å². The predicted molar refractivity (Wildman–Crippen MR) is 36.1 cm³/mol. The van der Waals surface area contributed by atoms with Crippen molar-refractivity contribution in [2.45, 2.75) is 26.3 Å². The zero-order valence-electron chi connectivity index (χ0n) is 5.83. The van der Waals surface area contributed by atoms with Crippen molar-refractivity contribution in [1.82, 2.24) is 9.78 Å². The third kappa shape index (κ3) is 1.31. The highest BCUT2D eigenvalue weighted by Gasteiger charge is 1.97. The molecule has 0 saturated heterocycles. The van der Waals surface area contributed by atoms with Crippen LogP contribution in [0.15, 0.2) is 12.4 Å². The molecule has 1 unspecified atom stereocenters. The van der Waals surface area contributed by atoms with Gasteiger partial charge in [0, 0.05) is 18.3 Å². The molecule has 0 bridgehead atoms. The zero-order chi connectivity index (χ0) is 6.69.